The third kappa shape index (κ3) is 3.13. The summed E-state index contributed by atoms with van der Waals surface area (Å²) in [5.41, 5.74) is 1.67. The average molecular weight is 380 g/mol. The van der Waals surface area contributed by atoms with E-state index in [1.54, 1.807) is 0 Å². The molecule has 1 aromatic carbocycles. The van der Waals surface area contributed by atoms with Gasteiger partial charge in [0.05, 0.1) is 5.69 Å². The monoisotopic (exact) mass is 379 g/mol. The highest BCUT2D eigenvalue weighted by Gasteiger charge is 2.47. The van der Waals surface area contributed by atoms with Crippen molar-refractivity contribution in [3.05, 3.63) is 33.8 Å². The SMILES string of the molecule is CN(C)c1ccc(C=C2C(=O)OC3(CCCC3)OC2=O)cc1Br. The van der Waals surface area contributed by atoms with Gasteiger partial charge in [0.2, 0.25) is 0 Å². The molecule has 3 rings (SSSR count). The van der Waals surface area contributed by atoms with Crippen LogP contribution in [0.2, 0.25) is 0 Å². The maximum Gasteiger partial charge on any atom is 0.348 e. The number of rotatable bonds is 2. The highest BCUT2D eigenvalue weighted by atomic mass is 79.9. The van der Waals surface area contributed by atoms with Crippen molar-refractivity contribution in [2.75, 3.05) is 19.0 Å². The average Bonchev–Trinajstić information content (AvgIpc) is 2.90. The number of ether oxygens (including phenoxy) is 2. The van der Waals surface area contributed by atoms with Gasteiger partial charge in [-0.2, -0.15) is 0 Å². The number of carbonyl (C=O) groups is 2. The van der Waals surface area contributed by atoms with E-state index in [2.05, 4.69) is 15.9 Å². The number of benzene rings is 1. The lowest BCUT2D eigenvalue weighted by molar-refractivity contribution is -0.232. The smallest absolute Gasteiger partial charge is 0.348 e. The van der Waals surface area contributed by atoms with Crippen LogP contribution >= 0.6 is 15.9 Å². The molecule has 0 aromatic heterocycles. The molecular formula is C17H18BrNO4. The fourth-order valence-electron chi connectivity index (χ4n) is 2.93. The number of hydrogen-bond donors (Lipinski definition) is 0. The summed E-state index contributed by atoms with van der Waals surface area (Å²) in [6.45, 7) is 0. The van der Waals surface area contributed by atoms with E-state index in [4.69, 9.17) is 9.47 Å². The topological polar surface area (TPSA) is 55.8 Å². The minimum Gasteiger partial charge on any atom is -0.419 e. The minimum absolute atomic E-state index is 0.0629. The van der Waals surface area contributed by atoms with Crippen molar-refractivity contribution in [1.29, 1.82) is 0 Å². The van der Waals surface area contributed by atoms with Crippen LogP contribution in [0.4, 0.5) is 5.69 Å². The molecule has 23 heavy (non-hydrogen) atoms. The third-order valence-corrected chi connectivity index (χ3v) is 4.76. The molecule has 1 saturated carbocycles. The van der Waals surface area contributed by atoms with Crippen LogP contribution in [0.5, 0.6) is 0 Å². The predicted molar refractivity (Wildman–Crippen MR) is 89.8 cm³/mol. The number of anilines is 1. The first-order valence-electron chi connectivity index (χ1n) is 7.55. The fourth-order valence-corrected chi connectivity index (χ4v) is 3.68. The largest absolute Gasteiger partial charge is 0.419 e. The van der Waals surface area contributed by atoms with Crippen LogP contribution < -0.4 is 4.90 Å². The summed E-state index contributed by atoms with van der Waals surface area (Å²) in [5.74, 6) is -2.23. The molecule has 0 atom stereocenters. The standard InChI is InChI=1S/C17H18BrNO4/c1-19(2)14-6-5-11(10-13(14)18)9-12-15(20)22-17(23-16(12)21)7-3-4-8-17/h5-6,9-10H,3-4,7-8H2,1-2H3. The second-order valence-electron chi connectivity index (χ2n) is 6.06. The molecule has 1 aliphatic carbocycles. The molecule has 1 saturated heterocycles. The van der Waals surface area contributed by atoms with Gasteiger partial charge in [-0.25, -0.2) is 9.59 Å². The Balaban J connectivity index is 1.86. The van der Waals surface area contributed by atoms with Crippen LogP contribution in [-0.4, -0.2) is 31.8 Å². The van der Waals surface area contributed by atoms with Crippen molar-refractivity contribution in [3.63, 3.8) is 0 Å². The lowest BCUT2D eigenvalue weighted by Crippen LogP contribution is -2.44. The fraction of sp³-hybridized carbons (Fsp3) is 0.412. The summed E-state index contributed by atoms with van der Waals surface area (Å²) >= 11 is 3.49. The lowest BCUT2D eigenvalue weighted by Gasteiger charge is -2.32. The Kier molecular flexibility index (Phi) is 4.19. The minimum atomic E-state index is -1.03. The molecule has 1 aromatic rings. The summed E-state index contributed by atoms with van der Waals surface area (Å²) in [6.07, 6.45) is 4.48. The van der Waals surface area contributed by atoms with Crippen molar-refractivity contribution in [1.82, 2.24) is 0 Å². The number of carbonyl (C=O) groups excluding carboxylic acids is 2. The Bertz CT molecular complexity index is 668. The second kappa shape index (κ2) is 6.00. The first-order valence-corrected chi connectivity index (χ1v) is 8.35. The Morgan fingerprint density at radius 3 is 2.26 bits per heavy atom. The van der Waals surface area contributed by atoms with E-state index in [0.29, 0.717) is 12.8 Å². The van der Waals surface area contributed by atoms with Crippen LogP contribution in [0, 0.1) is 0 Å². The zero-order chi connectivity index (χ0) is 16.6. The van der Waals surface area contributed by atoms with Gasteiger partial charge in [-0.15, -0.1) is 0 Å². The summed E-state index contributed by atoms with van der Waals surface area (Å²) in [7, 11) is 3.88. The normalized spacial score (nSPS) is 19.5. The quantitative estimate of drug-likeness (QED) is 0.448. The Hall–Kier alpha value is -1.82. The van der Waals surface area contributed by atoms with E-state index >= 15 is 0 Å². The molecular weight excluding hydrogens is 362 g/mol. The Morgan fingerprint density at radius 2 is 1.74 bits per heavy atom. The Morgan fingerprint density at radius 1 is 1.13 bits per heavy atom. The van der Waals surface area contributed by atoms with Crippen LogP contribution in [0.25, 0.3) is 6.08 Å². The van der Waals surface area contributed by atoms with Gasteiger partial charge in [0.25, 0.3) is 5.79 Å². The molecule has 2 aliphatic rings. The number of nitrogens with zero attached hydrogens (tertiary/aromatic N) is 1. The van der Waals surface area contributed by atoms with Gasteiger partial charge >= 0.3 is 11.9 Å². The van der Waals surface area contributed by atoms with Gasteiger partial charge in [0, 0.05) is 31.4 Å². The molecule has 0 radical (unpaired) electrons. The molecule has 1 spiro atoms. The molecule has 0 N–H and O–H groups in total. The van der Waals surface area contributed by atoms with Crippen molar-refractivity contribution < 1.29 is 19.1 Å². The van der Waals surface area contributed by atoms with Crippen molar-refractivity contribution in [3.8, 4) is 0 Å². The van der Waals surface area contributed by atoms with Gasteiger partial charge < -0.3 is 14.4 Å². The van der Waals surface area contributed by atoms with E-state index in [1.807, 2.05) is 37.2 Å². The second-order valence-corrected chi connectivity index (χ2v) is 6.91. The van der Waals surface area contributed by atoms with Gasteiger partial charge in [0.15, 0.2) is 0 Å². The first kappa shape index (κ1) is 16.1. The zero-order valence-electron chi connectivity index (χ0n) is 13.1. The molecule has 122 valence electrons. The van der Waals surface area contributed by atoms with Crippen molar-refractivity contribution in [2.45, 2.75) is 31.5 Å². The van der Waals surface area contributed by atoms with Crippen LogP contribution in [-0.2, 0) is 19.1 Å². The summed E-state index contributed by atoms with van der Waals surface area (Å²) < 4.78 is 11.7. The van der Waals surface area contributed by atoms with E-state index < -0.39 is 17.7 Å². The number of halogens is 1. The highest BCUT2D eigenvalue weighted by molar-refractivity contribution is 9.10. The van der Waals surface area contributed by atoms with Crippen molar-refractivity contribution >= 4 is 39.6 Å². The van der Waals surface area contributed by atoms with Gasteiger partial charge in [-0.05, 0) is 52.5 Å². The van der Waals surface area contributed by atoms with Crippen LogP contribution in [0.3, 0.4) is 0 Å². The highest BCUT2D eigenvalue weighted by Crippen LogP contribution is 2.38. The maximum atomic E-state index is 12.2. The molecule has 5 nitrogen and oxygen atoms in total. The number of esters is 2. The van der Waals surface area contributed by atoms with E-state index in [0.717, 1.165) is 28.6 Å². The van der Waals surface area contributed by atoms with E-state index in [1.165, 1.54) is 6.08 Å². The molecule has 0 bridgehead atoms. The summed E-state index contributed by atoms with van der Waals surface area (Å²) in [6, 6.07) is 5.60. The van der Waals surface area contributed by atoms with Crippen molar-refractivity contribution in [2.24, 2.45) is 0 Å². The molecule has 1 heterocycles. The van der Waals surface area contributed by atoms with Crippen LogP contribution in [0.15, 0.2) is 28.2 Å². The zero-order valence-corrected chi connectivity index (χ0v) is 14.7. The first-order chi connectivity index (χ1) is 10.9. The van der Waals surface area contributed by atoms with E-state index in [-0.39, 0.29) is 5.57 Å². The van der Waals surface area contributed by atoms with Gasteiger partial charge in [0.1, 0.15) is 5.57 Å². The molecule has 1 aliphatic heterocycles. The van der Waals surface area contributed by atoms with Gasteiger partial charge in [-0.3, -0.25) is 0 Å². The predicted octanol–water partition coefficient (Wildman–Crippen LogP) is 3.27. The summed E-state index contributed by atoms with van der Waals surface area (Å²) in [5, 5.41) is 0. The number of hydrogen-bond acceptors (Lipinski definition) is 5. The summed E-state index contributed by atoms with van der Waals surface area (Å²) in [4.78, 5) is 26.4. The molecule has 6 heteroatoms. The van der Waals surface area contributed by atoms with Gasteiger partial charge in [-0.1, -0.05) is 6.07 Å². The van der Waals surface area contributed by atoms with Crippen LogP contribution in [0.1, 0.15) is 31.2 Å². The lowest BCUT2D eigenvalue weighted by atomic mass is 10.1. The molecule has 0 amide bonds. The molecule has 0 unspecified atom stereocenters. The Labute approximate surface area is 143 Å². The maximum absolute atomic E-state index is 12.2. The molecule has 2 fully saturated rings. The van der Waals surface area contributed by atoms with E-state index in [9.17, 15) is 9.59 Å². The third-order valence-electron chi connectivity index (χ3n) is 4.13.